The number of anilines is 1. The van der Waals surface area contributed by atoms with Gasteiger partial charge in [0.2, 0.25) is 0 Å². The zero-order valence-corrected chi connectivity index (χ0v) is 21.1. The molecule has 3 N–H and O–H groups in total. The molecule has 6 rings (SSSR count). The number of fused-ring (bicyclic) bond motifs is 6. The summed E-state index contributed by atoms with van der Waals surface area (Å²) >= 11 is 0. The first-order chi connectivity index (χ1) is 17.1. The summed E-state index contributed by atoms with van der Waals surface area (Å²) < 4.78 is 0. The van der Waals surface area contributed by atoms with Gasteiger partial charge < -0.3 is 15.5 Å². The number of para-hydroxylation sites is 1. The number of hydrogen-bond acceptors (Lipinski definition) is 5. The number of benzene rings is 1. The van der Waals surface area contributed by atoms with Crippen LogP contribution in [0.25, 0.3) is 10.9 Å². The third kappa shape index (κ3) is 3.07. The number of carbonyl (C=O) groups is 2. The number of pyridine rings is 1. The van der Waals surface area contributed by atoms with E-state index in [9.17, 15) is 19.8 Å². The third-order valence-corrected chi connectivity index (χ3v) is 10.3. The van der Waals surface area contributed by atoms with Gasteiger partial charge in [0, 0.05) is 22.1 Å². The summed E-state index contributed by atoms with van der Waals surface area (Å²) in [5.41, 5.74) is -0.911. The zero-order chi connectivity index (χ0) is 25.5. The molecule has 5 unspecified atom stereocenters. The Morgan fingerprint density at radius 3 is 2.75 bits per heavy atom. The zero-order valence-electron chi connectivity index (χ0n) is 21.1. The minimum absolute atomic E-state index is 0.0129. The summed E-state index contributed by atoms with van der Waals surface area (Å²) in [6.45, 7) is 6.07. The first kappa shape index (κ1) is 23.6. The van der Waals surface area contributed by atoms with E-state index < -0.39 is 23.0 Å². The number of hydrogen-bond donors (Lipinski definition) is 3. The summed E-state index contributed by atoms with van der Waals surface area (Å²) in [6, 6.07) is 11.4. The Morgan fingerprint density at radius 2 is 1.94 bits per heavy atom. The Hall–Kier alpha value is -2.83. The fourth-order valence-electron chi connectivity index (χ4n) is 8.49. The van der Waals surface area contributed by atoms with E-state index >= 15 is 0 Å². The maximum atomic E-state index is 13.8. The number of allylic oxidation sites excluding steroid dienone is 4. The molecule has 3 fully saturated rings. The molecule has 3 saturated carbocycles. The van der Waals surface area contributed by atoms with Crippen molar-refractivity contribution in [1.29, 1.82) is 0 Å². The normalized spacial score (nSPS) is 41.3. The number of carbonyl (C=O) groups excluding carboxylic acids is 2. The van der Waals surface area contributed by atoms with Crippen LogP contribution in [0.4, 0.5) is 5.82 Å². The fraction of sp³-hybridized carbons (Fsp3) is 0.500. The molecule has 0 radical (unpaired) electrons. The van der Waals surface area contributed by atoms with Gasteiger partial charge in [-0.3, -0.25) is 9.59 Å². The second-order valence-corrected chi connectivity index (χ2v) is 12.0. The van der Waals surface area contributed by atoms with Crippen molar-refractivity contribution in [2.75, 3.05) is 5.32 Å². The molecule has 2 aromatic rings. The van der Waals surface area contributed by atoms with Crippen LogP contribution < -0.4 is 5.32 Å². The minimum atomic E-state index is -1.63. The molecule has 0 spiro atoms. The summed E-state index contributed by atoms with van der Waals surface area (Å²) in [5, 5.41) is 27.7. The van der Waals surface area contributed by atoms with Crippen LogP contribution >= 0.6 is 0 Å². The second kappa shape index (κ2) is 7.83. The fourth-order valence-corrected chi connectivity index (χ4v) is 8.49. The second-order valence-electron chi connectivity index (χ2n) is 12.0. The first-order valence-corrected chi connectivity index (χ1v) is 13.1. The van der Waals surface area contributed by atoms with Crippen LogP contribution in [0.1, 0.15) is 46.5 Å². The quantitative estimate of drug-likeness (QED) is 0.583. The van der Waals surface area contributed by atoms with Crippen molar-refractivity contribution in [3.05, 3.63) is 60.2 Å². The number of nitrogens with zero attached hydrogens (tertiary/aromatic N) is 1. The van der Waals surface area contributed by atoms with Crippen molar-refractivity contribution in [3.63, 3.8) is 0 Å². The summed E-state index contributed by atoms with van der Waals surface area (Å²) in [5.74, 6) is -0.0880. The minimum Gasteiger partial charge on any atom is -0.393 e. The van der Waals surface area contributed by atoms with Gasteiger partial charge in [-0.15, -0.1) is 0 Å². The third-order valence-electron chi connectivity index (χ3n) is 10.3. The lowest BCUT2D eigenvalue weighted by Gasteiger charge is -2.59. The lowest BCUT2D eigenvalue weighted by molar-refractivity contribution is -0.179. The molecule has 8 atom stereocenters. The summed E-state index contributed by atoms with van der Waals surface area (Å²) in [4.78, 5) is 30.4. The smallest absolute Gasteiger partial charge is 0.258 e. The number of aliphatic hydroxyl groups excluding tert-OH is 1. The lowest BCUT2D eigenvalue weighted by Crippen LogP contribution is -2.63. The molecule has 188 valence electrons. The Morgan fingerprint density at radius 1 is 1.17 bits per heavy atom. The standard InChI is InChI=1S/C30H34N2O4/c1-17-14-22-21-10-9-19-15-20(33)12-13-28(19,2)26(21)24(34)16-29(22,3)30(17,36)27(35)32-25-11-8-18-6-4-5-7-23(18)31-25/h4-8,11-13,15,17,21-22,24,26,34,36H,9-10,14,16H2,1-3H3,(H,31,32,35)/t17-,21?,22?,24+,26?,28?,29?,30+/m1/s1. The van der Waals surface area contributed by atoms with E-state index in [4.69, 9.17) is 0 Å². The molecule has 4 aliphatic carbocycles. The number of nitrogens with one attached hydrogen (secondary N) is 1. The summed E-state index contributed by atoms with van der Waals surface area (Å²) in [7, 11) is 0. The van der Waals surface area contributed by atoms with Gasteiger partial charge in [-0.2, -0.15) is 0 Å². The monoisotopic (exact) mass is 486 g/mol. The van der Waals surface area contributed by atoms with E-state index in [1.807, 2.05) is 50.3 Å². The number of aromatic nitrogens is 1. The molecule has 1 amide bonds. The van der Waals surface area contributed by atoms with Crippen molar-refractivity contribution in [1.82, 2.24) is 4.98 Å². The van der Waals surface area contributed by atoms with Crippen LogP contribution in [0.3, 0.4) is 0 Å². The van der Waals surface area contributed by atoms with Crippen LogP contribution in [0.15, 0.2) is 60.2 Å². The number of amides is 1. The van der Waals surface area contributed by atoms with Crippen LogP contribution in [-0.2, 0) is 9.59 Å². The Labute approximate surface area is 211 Å². The van der Waals surface area contributed by atoms with Crippen molar-refractivity contribution in [3.8, 4) is 0 Å². The number of ketones is 1. The van der Waals surface area contributed by atoms with Crippen molar-refractivity contribution in [2.45, 2.75) is 58.2 Å². The van der Waals surface area contributed by atoms with E-state index in [-0.39, 0.29) is 34.9 Å². The molecule has 1 aromatic carbocycles. The molecule has 0 bridgehead atoms. The maximum Gasteiger partial charge on any atom is 0.258 e. The van der Waals surface area contributed by atoms with E-state index in [1.54, 1.807) is 18.2 Å². The molecule has 4 aliphatic rings. The topological polar surface area (TPSA) is 99.5 Å². The molecular formula is C30H34N2O4. The van der Waals surface area contributed by atoms with Crippen LogP contribution in [0, 0.1) is 34.5 Å². The van der Waals surface area contributed by atoms with Gasteiger partial charge in [-0.25, -0.2) is 4.98 Å². The molecular weight excluding hydrogens is 452 g/mol. The SMILES string of the molecule is C[C@@H]1CC2C3CCC4=CC(=O)C=CC4(C)C3[C@@H](O)CC2(C)[C@@]1(O)C(=O)Nc1ccc2ccccc2n1. The van der Waals surface area contributed by atoms with Crippen molar-refractivity contribution in [2.24, 2.45) is 34.5 Å². The maximum absolute atomic E-state index is 13.8. The highest BCUT2D eigenvalue weighted by Crippen LogP contribution is 2.68. The molecule has 36 heavy (non-hydrogen) atoms. The molecule has 1 aromatic heterocycles. The Bertz CT molecular complexity index is 1330. The average Bonchev–Trinajstić information content (AvgIpc) is 3.05. The van der Waals surface area contributed by atoms with E-state index in [0.717, 1.165) is 35.7 Å². The molecule has 1 heterocycles. The van der Waals surface area contributed by atoms with E-state index in [1.165, 1.54) is 0 Å². The molecule has 6 nitrogen and oxygen atoms in total. The van der Waals surface area contributed by atoms with Crippen LogP contribution in [0.2, 0.25) is 0 Å². The highest BCUT2D eigenvalue weighted by atomic mass is 16.3. The molecule has 0 saturated heterocycles. The molecule has 0 aliphatic heterocycles. The number of rotatable bonds is 2. The Balaban J connectivity index is 1.33. The van der Waals surface area contributed by atoms with Crippen molar-refractivity contribution < 1.29 is 19.8 Å². The van der Waals surface area contributed by atoms with Gasteiger partial charge in [0.05, 0.1) is 11.6 Å². The van der Waals surface area contributed by atoms with Crippen molar-refractivity contribution >= 4 is 28.4 Å². The summed E-state index contributed by atoms with van der Waals surface area (Å²) in [6.07, 6.45) is 7.37. The predicted octanol–water partition coefficient (Wildman–Crippen LogP) is 4.43. The lowest BCUT2D eigenvalue weighted by atomic mass is 9.46. The van der Waals surface area contributed by atoms with Gasteiger partial charge in [0.25, 0.3) is 5.91 Å². The Kier molecular flexibility index (Phi) is 5.13. The predicted molar refractivity (Wildman–Crippen MR) is 138 cm³/mol. The van der Waals surface area contributed by atoms with Gasteiger partial charge in [-0.1, -0.05) is 50.6 Å². The van der Waals surface area contributed by atoms with Gasteiger partial charge in [0.15, 0.2) is 11.4 Å². The number of aliphatic hydroxyl groups is 2. The highest BCUT2D eigenvalue weighted by Gasteiger charge is 2.70. The van der Waals surface area contributed by atoms with Gasteiger partial charge in [0.1, 0.15) is 5.82 Å². The van der Waals surface area contributed by atoms with Gasteiger partial charge >= 0.3 is 0 Å². The molecule has 6 heteroatoms. The van der Waals surface area contributed by atoms with Crippen LogP contribution in [-0.4, -0.2) is 38.6 Å². The van der Waals surface area contributed by atoms with Crippen LogP contribution in [0.5, 0.6) is 0 Å². The van der Waals surface area contributed by atoms with E-state index in [0.29, 0.717) is 12.2 Å². The first-order valence-electron chi connectivity index (χ1n) is 13.1. The van der Waals surface area contributed by atoms with Gasteiger partial charge in [-0.05, 0) is 73.8 Å². The largest absolute Gasteiger partial charge is 0.393 e. The highest BCUT2D eigenvalue weighted by molar-refractivity contribution is 6.01. The average molecular weight is 487 g/mol. The van der Waals surface area contributed by atoms with E-state index in [2.05, 4.69) is 17.2 Å².